The van der Waals surface area contributed by atoms with Gasteiger partial charge in [0.1, 0.15) is 0 Å². The average molecular weight is 283 g/mol. The number of nitrogens with zero attached hydrogens (tertiary/aromatic N) is 1. The minimum absolute atomic E-state index is 0.101. The SMILES string of the molecule is COC(=O)N(CCO)C1c2ccccc2-c2ccccc21. The molecule has 4 nitrogen and oxygen atoms in total. The lowest BCUT2D eigenvalue weighted by Gasteiger charge is -2.28. The van der Waals surface area contributed by atoms with Gasteiger partial charge in [-0.05, 0) is 22.3 Å². The number of hydrogen-bond acceptors (Lipinski definition) is 3. The Morgan fingerprint density at radius 2 is 1.62 bits per heavy atom. The molecule has 1 aliphatic carbocycles. The first-order chi connectivity index (χ1) is 10.3. The maximum atomic E-state index is 12.1. The van der Waals surface area contributed by atoms with Crippen LogP contribution in [0.1, 0.15) is 17.2 Å². The Hall–Kier alpha value is -2.33. The Balaban J connectivity index is 2.15. The maximum absolute atomic E-state index is 12.1. The van der Waals surface area contributed by atoms with Crippen molar-refractivity contribution in [3.05, 3.63) is 59.7 Å². The smallest absolute Gasteiger partial charge is 0.410 e. The lowest BCUT2D eigenvalue weighted by Crippen LogP contribution is -2.36. The molecule has 0 fully saturated rings. The van der Waals surface area contributed by atoms with Gasteiger partial charge in [-0.15, -0.1) is 0 Å². The van der Waals surface area contributed by atoms with Crippen molar-refractivity contribution in [2.45, 2.75) is 6.04 Å². The first-order valence-corrected chi connectivity index (χ1v) is 6.91. The van der Waals surface area contributed by atoms with Gasteiger partial charge < -0.3 is 9.84 Å². The molecule has 1 N–H and O–H groups in total. The van der Waals surface area contributed by atoms with Gasteiger partial charge in [-0.25, -0.2) is 4.79 Å². The molecule has 108 valence electrons. The van der Waals surface area contributed by atoms with Gasteiger partial charge in [0, 0.05) is 6.54 Å². The molecular formula is C17H17NO3. The second-order valence-corrected chi connectivity index (χ2v) is 4.96. The van der Waals surface area contributed by atoms with Gasteiger partial charge in [-0.1, -0.05) is 48.5 Å². The summed E-state index contributed by atoms with van der Waals surface area (Å²) >= 11 is 0. The quantitative estimate of drug-likeness (QED) is 0.942. The van der Waals surface area contributed by atoms with E-state index in [1.54, 1.807) is 4.90 Å². The molecule has 0 spiro atoms. The van der Waals surface area contributed by atoms with Crippen molar-refractivity contribution in [2.24, 2.45) is 0 Å². The zero-order valence-corrected chi connectivity index (χ0v) is 11.8. The fourth-order valence-electron chi connectivity index (χ4n) is 3.02. The predicted octanol–water partition coefficient (Wildman–Crippen LogP) is 2.82. The van der Waals surface area contributed by atoms with E-state index in [4.69, 9.17) is 4.74 Å². The van der Waals surface area contributed by atoms with Crippen LogP contribution < -0.4 is 0 Å². The highest BCUT2D eigenvalue weighted by molar-refractivity contribution is 5.81. The van der Waals surface area contributed by atoms with Crippen molar-refractivity contribution in [3.8, 4) is 11.1 Å². The summed E-state index contributed by atoms with van der Waals surface area (Å²) in [6.07, 6.45) is -0.430. The summed E-state index contributed by atoms with van der Waals surface area (Å²) < 4.78 is 4.88. The van der Waals surface area contributed by atoms with Crippen molar-refractivity contribution in [3.63, 3.8) is 0 Å². The summed E-state index contributed by atoms with van der Waals surface area (Å²) in [7, 11) is 1.36. The maximum Gasteiger partial charge on any atom is 0.410 e. The van der Waals surface area contributed by atoms with E-state index in [1.165, 1.54) is 7.11 Å². The second-order valence-electron chi connectivity index (χ2n) is 4.96. The molecule has 0 aromatic heterocycles. The Morgan fingerprint density at radius 3 is 2.10 bits per heavy atom. The van der Waals surface area contributed by atoms with Crippen molar-refractivity contribution in [2.75, 3.05) is 20.3 Å². The minimum Gasteiger partial charge on any atom is -0.453 e. The number of aliphatic hydroxyl groups excluding tert-OH is 1. The minimum atomic E-state index is -0.430. The number of methoxy groups -OCH3 is 1. The number of benzene rings is 2. The third-order valence-electron chi connectivity index (χ3n) is 3.86. The van der Waals surface area contributed by atoms with Crippen molar-refractivity contribution in [1.82, 2.24) is 4.90 Å². The molecule has 0 bridgehead atoms. The van der Waals surface area contributed by atoms with E-state index in [0.29, 0.717) is 0 Å². The third kappa shape index (κ3) is 2.17. The largest absolute Gasteiger partial charge is 0.453 e. The number of fused-ring (bicyclic) bond motifs is 3. The summed E-state index contributed by atoms with van der Waals surface area (Å²) in [5.41, 5.74) is 4.39. The van der Waals surface area contributed by atoms with Crippen molar-refractivity contribution in [1.29, 1.82) is 0 Å². The summed E-state index contributed by atoms with van der Waals surface area (Å²) in [4.78, 5) is 13.7. The molecule has 3 rings (SSSR count). The standard InChI is InChI=1S/C17H17NO3/c1-21-17(20)18(10-11-19)16-14-8-4-2-6-12(14)13-7-3-5-9-15(13)16/h2-9,16,19H,10-11H2,1H3. The fourth-order valence-corrected chi connectivity index (χ4v) is 3.02. The number of rotatable bonds is 3. The van der Waals surface area contributed by atoms with Crippen LogP contribution >= 0.6 is 0 Å². The van der Waals surface area contributed by atoms with Crippen LogP contribution in [0.3, 0.4) is 0 Å². The first kappa shape index (κ1) is 13.6. The Bertz CT molecular complexity index is 623. The molecule has 1 amide bonds. The highest BCUT2D eigenvalue weighted by Gasteiger charge is 2.35. The van der Waals surface area contributed by atoms with Crippen molar-refractivity contribution >= 4 is 6.09 Å². The van der Waals surface area contributed by atoms with Crippen molar-refractivity contribution < 1.29 is 14.6 Å². The summed E-state index contributed by atoms with van der Waals surface area (Å²) in [5.74, 6) is 0. The molecule has 21 heavy (non-hydrogen) atoms. The van der Waals surface area contributed by atoms with E-state index in [0.717, 1.165) is 22.3 Å². The van der Waals surface area contributed by atoms with Crippen LogP contribution in [-0.2, 0) is 4.74 Å². The van der Waals surface area contributed by atoms with Gasteiger partial charge >= 0.3 is 6.09 Å². The predicted molar refractivity (Wildman–Crippen MR) is 79.9 cm³/mol. The molecule has 0 saturated heterocycles. The zero-order valence-electron chi connectivity index (χ0n) is 11.8. The molecule has 0 unspecified atom stereocenters. The molecule has 0 aliphatic heterocycles. The van der Waals surface area contributed by atoms with Crippen LogP contribution in [0, 0.1) is 0 Å². The Morgan fingerprint density at radius 1 is 1.10 bits per heavy atom. The van der Waals surface area contributed by atoms with Crippen LogP contribution in [0.2, 0.25) is 0 Å². The number of amides is 1. The molecular weight excluding hydrogens is 266 g/mol. The van der Waals surface area contributed by atoms with E-state index in [2.05, 4.69) is 12.1 Å². The van der Waals surface area contributed by atoms with Gasteiger partial charge in [0.05, 0.1) is 19.8 Å². The van der Waals surface area contributed by atoms with E-state index in [-0.39, 0.29) is 19.2 Å². The summed E-state index contributed by atoms with van der Waals surface area (Å²) in [5, 5.41) is 9.29. The zero-order chi connectivity index (χ0) is 14.8. The lowest BCUT2D eigenvalue weighted by atomic mass is 10.0. The van der Waals surface area contributed by atoms with Gasteiger partial charge in [0.2, 0.25) is 0 Å². The molecule has 1 aliphatic rings. The molecule has 2 aromatic carbocycles. The normalized spacial score (nSPS) is 12.7. The second kappa shape index (κ2) is 5.58. The molecule has 0 heterocycles. The molecule has 0 radical (unpaired) electrons. The molecule has 0 atom stereocenters. The highest BCUT2D eigenvalue weighted by Crippen LogP contribution is 2.46. The monoisotopic (exact) mass is 283 g/mol. The molecule has 0 saturated carbocycles. The molecule has 2 aromatic rings. The van der Waals surface area contributed by atoms with Gasteiger partial charge in [0.25, 0.3) is 0 Å². The van der Waals surface area contributed by atoms with E-state index >= 15 is 0 Å². The van der Waals surface area contributed by atoms with Gasteiger partial charge in [-0.3, -0.25) is 4.90 Å². The average Bonchev–Trinajstić information content (AvgIpc) is 2.86. The topological polar surface area (TPSA) is 49.8 Å². The van der Waals surface area contributed by atoms with E-state index < -0.39 is 6.09 Å². The van der Waals surface area contributed by atoms with Gasteiger partial charge in [-0.2, -0.15) is 0 Å². The van der Waals surface area contributed by atoms with Crippen LogP contribution in [0.5, 0.6) is 0 Å². The number of aliphatic hydroxyl groups is 1. The lowest BCUT2D eigenvalue weighted by molar-refractivity contribution is 0.101. The van der Waals surface area contributed by atoms with Crippen LogP contribution in [0.25, 0.3) is 11.1 Å². The number of carbonyl (C=O) groups is 1. The number of carbonyl (C=O) groups excluding carboxylic acids is 1. The summed E-state index contributed by atoms with van der Waals surface area (Å²) in [6.45, 7) is 0.135. The van der Waals surface area contributed by atoms with Gasteiger partial charge in [0.15, 0.2) is 0 Å². The summed E-state index contributed by atoms with van der Waals surface area (Å²) in [6, 6.07) is 15.9. The number of ether oxygens (including phenoxy) is 1. The van der Waals surface area contributed by atoms with Crippen LogP contribution in [0.15, 0.2) is 48.5 Å². The Labute approximate surface area is 123 Å². The van der Waals surface area contributed by atoms with E-state index in [9.17, 15) is 9.90 Å². The third-order valence-corrected chi connectivity index (χ3v) is 3.86. The molecule has 4 heteroatoms. The fraction of sp³-hybridized carbons (Fsp3) is 0.235. The van der Waals surface area contributed by atoms with Crippen LogP contribution in [-0.4, -0.2) is 36.4 Å². The highest BCUT2D eigenvalue weighted by atomic mass is 16.5. The number of hydrogen-bond donors (Lipinski definition) is 1. The Kier molecular flexibility index (Phi) is 3.62. The first-order valence-electron chi connectivity index (χ1n) is 6.91. The van der Waals surface area contributed by atoms with Crippen LogP contribution in [0.4, 0.5) is 4.79 Å². The van der Waals surface area contributed by atoms with E-state index in [1.807, 2.05) is 36.4 Å².